The molecule has 3 aromatic rings. The van der Waals surface area contributed by atoms with Crippen molar-refractivity contribution in [1.82, 2.24) is 0 Å². The zero-order chi connectivity index (χ0) is 22.3. The molecule has 0 radical (unpaired) electrons. The predicted molar refractivity (Wildman–Crippen MR) is 128 cm³/mol. The molecule has 0 unspecified atom stereocenters. The molecule has 0 atom stereocenters. The number of furan rings is 1. The fraction of sp³-hybridized carbons (Fsp3) is 0. The summed E-state index contributed by atoms with van der Waals surface area (Å²) in [5, 5.41) is 2.21. The molecule has 2 aromatic carbocycles. The van der Waals surface area contributed by atoms with Crippen molar-refractivity contribution in [3.63, 3.8) is 0 Å². The van der Waals surface area contributed by atoms with Crippen LogP contribution >= 0.6 is 89.8 Å². The summed E-state index contributed by atoms with van der Waals surface area (Å²) in [4.78, 5) is 8.49. The Balaban J connectivity index is 0.00000101. The van der Waals surface area contributed by atoms with Gasteiger partial charge in [0.25, 0.3) is 0 Å². The van der Waals surface area contributed by atoms with E-state index in [9.17, 15) is 0 Å². The van der Waals surface area contributed by atoms with E-state index < -0.39 is 0 Å². The van der Waals surface area contributed by atoms with Gasteiger partial charge in [-0.1, -0.05) is 69.6 Å². The van der Waals surface area contributed by atoms with Crippen LogP contribution in [0.3, 0.4) is 0 Å². The number of aliphatic imine (C=N–C) groups is 2. The third kappa shape index (κ3) is 7.79. The zero-order valence-electron chi connectivity index (χ0n) is 14.3. The Morgan fingerprint density at radius 3 is 1.23 bits per heavy atom. The number of rotatable bonds is 4. The van der Waals surface area contributed by atoms with Crippen molar-refractivity contribution < 1.29 is 17.6 Å². The van der Waals surface area contributed by atoms with Crippen molar-refractivity contribution in [3.8, 4) is 0 Å². The van der Waals surface area contributed by atoms with E-state index in [4.69, 9.17) is 94.2 Å². The fourth-order valence-corrected chi connectivity index (χ4v) is 3.91. The van der Waals surface area contributed by atoms with Gasteiger partial charge in [-0.3, -0.25) is 0 Å². The summed E-state index contributed by atoms with van der Waals surface area (Å²) in [7, 11) is 9.53. The number of hydrogen-bond donors (Lipinski definition) is 0. The third-order valence-electron chi connectivity index (χ3n) is 3.25. The maximum atomic E-state index is 6.10. The summed E-state index contributed by atoms with van der Waals surface area (Å²) in [6.07, 6.45) is 2.97. The van der Waals surface area contributed by atoms with Crippen molar-refractivity contribution in [3.05, 3.63) is 78.1 Å². The number of benzene rings is 2. The monoisotopic (exact) mass is 604 g/mol. The van der Waals surface area contributed by atoms with Crippen LogP contribution in [0.15, 0.2) is 50.8 Å². The molecule has 0 aliphatic heterocycles. The van der Waals surface area contributed by atoms with Gasteiger partial charge in [-0.05, 0) is 36.4 Å². The van der Waals surface area contributed by atoms with E-state index in [0.29, 0.717) is 53.0 Å². The normalized spacial score (nSPS) is 11.3. The van der Waals surface area contributed by atoms with E-state index in [2.05, 4.69) is 9.98 Å². The van der Waals surface area contributed by atoms with Crippen LogP contribution in [0.5, 0.6) is 0 Å². The molecule has 3 rings (SSSR count). The van der Waals surface area contributed by atoms with Crippen molar-refractivity contribution in [2.75, 3.05) is 0 Å². The summed E-state index contributed by atoms with van der Waals surface area (Å²) in [5.74, 6) is 0.957. The first kappa shape index (κ1) is 26.2. The standard InChI is InChI=1S/C18H8Cl6N2O.2ClH.Fe/c19-9-3-13(21)17(14(22)4-9)25-7-11-1-2-12(27-11)8-26-18-15(23)5-10(20)6-16(18)24;;;/h1-8H;2*1H;/q;;;+2/p-2. The van der Waals surface area contributed by atoms with Gasteiger partial charge in [-0.25, -0.2) is 9.98 Å². The second kappa shape index (κ2) is 12.8. The van der Waals surface area contributed by atoms with E-state index in [1.165, 1.54) is 12.4 Å². The quantitative estimate of drug-likeness (QED) is 0.215. The molecule has 1 heterocycles. The first-order valence-corrected chi connectivity index (χ1v) is 12.9. The molecular formula is C18H8Cl8FeN2O. The van der Waals surface area contributed by atoms with Gasteiger partial charge in [-0.2, -0.15) is 0 Å². The zero-order valence-corrected chi connectivity index (χ0v) is 21.5. The Kier molecular flexibility index (Phi) is 11.2. The van der Waals surface area contributed by atoms with E-state index in [-0.39, 0.29) is 13.1 Å². The molecule has 30 heavy (non-hydrogen) atoms. The second-order valence-electron chi connectivity index (χ2n) is 5.24. The molecule has 0 aliphatic rings. The van der Waals surface area contributed by atoms with Crippen molar-refractivity contribution >= 4 is 114 Å². The first-order chi connectivity index (χ1) is 14.2. The van der Waals surface area contributed by atoms with Crippen LogP contribution < -0.4 is 0 Å². The predicted octanol–water partition coefficient (Wildman–Crippen LogP) is 10.1. The molecule has 0 spiro atoms. The SMILES string of the molecule is Clc1cc(Cl)c(N=Cc2ccc(C=Nc3c(Cl)cc(Cl)cc3Cl)o2)c(Cl)c1.[Cl][Fe][Cl]. The molecule has 0 saturated heterocycles. The molecule has 0 fully saturated rings. The molecule has 12 heteroatoms. The van der Waals surface area contributed by atoms with E-state index in [1.807, 2.05) is 0 Å². The summed E-state index contributed by atoms with van der Waals surface area (Å²) in [5.41, 5.74) is 0.795. The van der Waals surface area contributed by atoms with Gasteiger partial charge in [0, 0.05) is 10.0 Å². The Labute approximate surface area is 217 Å². The van der Waals surface area contributed by atoms with Crippen LogP contribution in [0.25, 0.3) is 0 Å². The van der Waals surface area contributed by atoms with Crippen molar-refractivity contribution in [2.24, 2.45) is 9.98 Å². The minimum absolute atomic E-state index is 0.194. The van der Waals surface area contributed by atoms with Crippen LogP contribution in [-0.4, -0.2) is 12.4 Å². The first-order valence-electron chi connectivity index (χ1n) is 7.57. The van der Waals surface area contributed by atoms with Crippen molar-refractivity contribution in [2.45, 2.75) is 0 Å². The topological polar surface area (TPSA) is 37.9 Å². The van der Waals surface area contributed by atoms with Gasteiger partial charge in [0.2, 0.25) is 0 Å². The maximum absolute atomic E-state index is 6.10. The molecule has 1 aromatic heterocycles. The van der Waals surface area contributed by atoms with E-state index >= 15 is 0 Å². The van der Waals surface area contributed by atoms with Crippen LogP contribution in [0, 0.1) is 0 Å². The molecule has 160 valence electrons. The van der Waals surface area contributed by atoms with E-state index in [1.54, 1.807) is 36.4 Å². The van der Waals surface area contributed by atoms with Gasteiger partial charge < -0.3 is 4.42 Å². The van der Waals surface area contributed by atoms with Gasteiger partial charge in [0.15, 0.2) is 0 Å². The molecule has 0 N–H and O–H groups in total. The molecule has 0 saturated carbocycles. The molecule has 0 aliphatic carbocycles. The van der Waals surface area contributed by atoms with Crippen LogP contribution in [0.2, 0.25) is 30.1 Å². The molecule has 3 nitrogen and oxygen atoms in total. The Hall–Kier alpha value is -0.101. The van der Waals surface area contributed by atoms with E-state index in [0.717, 1.165) is 0 Å². The fourth-order valence-electron chi connectivity index (χ4n) is 2.08. The second-order valence-corrected chi connectivity index (χ2v) is 9.57. The Bertz CT molecular complexity index is 956. The molecule has 0 bridgehead atoms. The molecular weight excluding hydrogens is 600 g/mol. The van der Waals surface area contributed by atoms with Gasteiger partial charge in [0.05, 0.1) is 32.5 Å². The Morgan fingerprint density at radius 1 is 0.633 bits per heavy atom. The van der Waals surface area contributed by atoms with Crippen molar-refractivity contribution in [1.29, 1.82) is 0 Å². The van der Waals surface area contributed by atoms with Crippen LogP contribution in [0.1, 0.15) is 11.5 Å². The Morgan fingerprint density at radius 2 is 0.933 bits per heavy atom. The third-order valence-corrected chi connectivity index (χ3v) is 4.84. The van der Waals surface area contributed by atoms with Crippen LogP contribution in [-0.2, 0) is 13.1 Å². The van der Waals surface area contributed by atoms with Gasteiger partial charge in [-0.15, -0.1) is 0 Å². The average Bonchev–Trinajstić information content (AvgIpc) is 3.08. The summed E-state index contributed by atoms with van der Waals surface area (Å²) in [6, 6.07) is 9.66. The average molecular weight is 608 g/mol. The van der Waals surface area contributed by atoms with Crippen LogP contribution in [0.4, 0.5) is 11.4 Å². The molecule has 0 amide bonds. The number of nitrogens with zero attached hydrogens (tertiary/aromatic N) is 2. The summed E-state index contributed by atoms with van der Waals surface area (Å²) in [6.45, 7) is 0. The summed E-state index contributed by atoms with van der Waals surface area (Å²) >= 11 is 36.3. The number of halogens is 8. The summed E-state index contributed by atoms with van der Waals surface area (Å²) < 4.78 is 5.61. The van der Waals surface area contributed by atoms with Gasteiger partial charge >= 0.3 is 33.3 Å². The number of hydrogen-bond acceptors (Lipinski definition) is 3. The van der Waals surface area contributed by atoms with Gasteiger partial charge in [0.1, 0.15) is 22.9 Å². The minimum atomic E-state index is 0.194.